The van der Waals surface area contributed by atoms with Gasteiger partial charge in [-0.2, -0.15) is 0 Å². The smallest absolute Gasteiger partial charge is 0.335 e. The van der Waals surface area contributed by atoms with Crippen molar-refractivity contribution in [3.8, 4) is 0 Å². The standard InChI is InChI=1S/C16H24N2O2/c1-16(2,3)18-9-7-17(8-10-18)12-13-5-4-6-14(11-13)15(19)20/h4-6,11H,7-10,12H2,1-3H3,(H,19,20). The van der Waals surface area contributed by atoms with Crippen LogP contribution < -0.4 is 0 Å². The first-order chi connectivity index (χ1) is 9.36. The predicted octanol–water partition coefficient (Wildman–Crippen LogP) is 2.30. The average Bonchev–Trinajstić information content (AvgIpc) is 2.38. The molecule has 0 amide bonds. The number of carboxylic acid groups (broad SMARTS) is 1. The lowest BCUT2D eigenvalue weighted by Crippen LogP contribution is -2.53. The number of benzene rings is 1. The van der Waals surface area contributed by atoms with Crippen LogP contribution in [0.15, 0.2) is 24.3 Å². The summed E-state index contributed by atoms with van der Waals surface area (Å²) in [5.74, 6) is -0.857. The van der Waals surface area contributed by atoms with E-state index in [4.69, 9.17) is 5.11 Å². The summed E-state index contributed by atoms with van der Waals surface area (Å²) in [6.07, 6.45) is 0. The number of nitrogens with zero attached hydrogens (tertiary/aromatic N) is 2. The third-order valence-electron chi connectivity index (χ3n) is 3.90. The largest absolute Gasteiger partial charge is 0.478 e. The van der Waals surface area contributed by atoms with E-state index < -0.39 is 5.97 Å². The first-order valence-corrected chi connectivity index (χ1v) is 7.16. The zero-order chi connectivity index (χ0) is 14.8. The number of carbonyl (C=O) groups is 1. The van der Waals surface area contributed by atoms with Gasteiger partial charge in [0.25, 0.3) is 0 Å². The molecule has 0 bridgehead atoms. The lowest BCUT2D eigenvalue weighted by molar-refractivity contribution is 0.0589. The number of rotatable bonds is 3. The zero-order valence-electron chi connectivity index (χ0n) is 12.6. The van der Waals surface area contributed by atoms with Gasteiger partial charge in [0.2, 0.25) is 0 Å². The molecule has 4 nitrogen and oxygen atoms in total. The summed E-state index contributed by atoms with van der Waals surface area (Å²) in [7, 11) is 0. The fourth-order valence-electron chi connectivity index (χ4n) is 2.64. The molecule has 1 fully saturated rings. The SMILES string of the molecule is CC(C)(C)N1CCN(Cc2cccc(C(=O)O)c2)CC1. The summed E-state index contributed by atoms with van der Waals surface area (Å²) >= 11 is 0. The molecule has 0 saturated carbocycles. The Kier molecular flexibility index (Phi) is 4.45. The Hall–Kier alpha value is -1.39. The quantitative estimate of drug-likeness (QED) is 0.920. The summed E-state index contributed by atoms with van der Waals surface area (Å²) in [5.41, 5.74) is 1.68. The summed E-state index contributed by atoms with van der Waals surface area (Å²) < 4.78 is 0. The van der Waals surface area contributed by atoms with Gasteiger partial charge < -0.3 is 5.11 Å². The van der Waals surface area contributed by atoms with Gasteiger partial charge in [0.05, 0.1) is 5.56 Å². The van der Waals surface area contributed by atoms with Gasteiger partial charge in [0, 0.05) is 38.3 Å². The lowest BCUT2D eigenvalue weighted by Gasteiger charge is -2.42. The van der Waals surface area contributed by atoms with Crippen LogP contribution in [0, 0.1) is 0 Å². The molecule has 1 aliphatic heterocycles. The van der Waals surface area contributed by atoms with Crippen molar-refractivity contribution in [1.29, 1.82) is 0 Å². The van der Waals surface area contributed by atoms with E-state index in [1.54, 1.807) is 12.1 Å². The van der Waals surface area contributed by atoms with Gasteiger partial charge in [0.1, 0.15) is 0 Å². The monoisotopic (exact) mass is 276 g/mol. The van der Waals surface area contributed by atoms with Crippen molar-refractivity contribution in [3.63, 3.8) is 0 Å². The number of hydrogen-bond donors (Lipinski definition) is 1. The van der Waals surface area contributed by atoms with Crippen LogP contribution in [0.4, 0.5) is 0 Å². The highest BCUT2D eigenvalue weighted by Crippen LogP contribution is 2.17. The number of aromatic carboxylic acids is 1. The molecule has 0 atom stereocenters. The van der Waals surface area contributed by atoms with Gasteiger partial charge in [0.15, 0.2) is 0 Å². The van der Waals surface area contributed by atoms with E-state index in [1.165, 1.54) is 0 Å². The molecule has 0 aromatic heterocycles. The molecule has 1 aliphatic rings. The minimum atomic E-state index is -0.857. The highest BCUT2D eigenvalue weighted by atomic mass is 16.4. The van der Waals surface area contributed by atoms with E-state index in [-0.39, 0.29) is 5.54 Å². The molecule has 0 aliphatic carbocycles. The topological polar surface area (TPSA) is 43.8 Å². The summed E-state index contributed by atoms with van der Waals surface area (Å²) in [6.45, 7) is 11.8. The molecule has 1 saturated heterocycles. The van der Waals surface area contributed by atoms with E-state index in [0.717, 1.165) is 38.3 Å². The fraction of sp³-hybridized carbons (Fsp3) is 0.562. The Morgan fingerprint density at radius 2 is 1.85 bits per heavy atom. The minimum absolute atomic E-state index is 0.231. The molecular formula is C16H24N2O2. The first kappa shape index (κ1) is 15.0. The fourth-order valence-corrected chi connectivity index (χ4v) is 2.64. The van der Waals surface area contributed by atoms with Crippen LogP contribution in [0.25, 0.3) is 0 Å². The number of piperazine rings is 1. The highest BCUT2D eigenvalue weighted by molar-refractivity contribution is 5.87. The van der Waals surface area contributed by atoms with Gasteiger partial charge in [-0.25, -0.2) is 4.79 Å². The molecule has 0 unspecified atom stereocenters. The van der Waals surface area contributed by atoms with Crippen LogP contribution in [0.2, 0.25) is 0 Å². The Labute approximate surface area is 121 Å². The molecule has 4 heteroatoms. The molecule has 1 aromatic carbocycles. The average molecular weight is 276 g/mol. The van der Waals surface area contributed by atoms with Crippen molar-refractivity contribution < 1.29 is 9.90 Å². The van der Waals surface area contributed by atoms with E-state index in [1.807, 2.05) is 12.1 Å². The van der Waals surface area contributed by atoms with Crippen molar-refractivity contribution in [2.75, 3.05) is 26.2 Å². The van der Waals surface area contributed by atoms with E-state index in [2.05, 4.69) is 30.6 Å². The molecule has 20 heavy (non-hydrogen) atoms. The second kappa shape index (κ2) is 5.94. The van der Waals surface area contributed by atoms with Gasteiger partial charge in [-0.3, -0.25) is 9.80 Å². The van der Waals surface area contributed by atoms with Crippen molar-refractivity contribution in [1.82, 2.24) is 9.80 Å². The first-order valence-electron chi connectivity index (χ1n) is 7.16. The Morgan fingerprint density at radius 3 is 2.40 bits per heavy atom. The maximum Gasteiger partial charge on any atom is 0.335 e. The molecule has 0 spiro atoms. The highest BCUT2D eigenvalue weighted by Gasteiger charge is 2.25. The van der Waals surface area contributed by atoms with E-state index in [0.29, 0.717) is 5.56 Å². The lowest BCUT2D eigenvalue weighted by atomic mass is 10.0. The van der Waals surface area contributed by atoms with Gasteiger partial charge in [-0.15, -0.1) is 0 Å². The molecular weight excluding hydrogens is 252 g/mol. The maximum atomic E-state index is 11.0. The number of carboxylic acids is 1. The molecule has 1 aromatic rings. The van der Waals surface area contributed by atoms with Crippen LogP contribution in [-0.2, 0) is 6.54 Å². The van der Waals surface area contributed by atoms with Crippen molar-refractivity contribution in [2.24, 2.45) is 0 Å². The van der Waals surface area contributed by atoms with Crippen molar-refractivity contribution in [2.45, 2.75) is 32.9 Å². The zero-order valence-corrected chi connectivity index (χ0v) is 12.6. The predicted molar refractivity (Wildman–Crippen MR) is 80.0 cm³/mol. The normalized spacial score (nSPS) is 18.1. The van der Waals surface area contributed by atoms with Gasteiger partial charge in [-0.05, 0) is 38.5 Å². The molecule has 2 rings (SSSR count). The second-order valence-corrected chi connectivity index (χ2v) is 6.44. The molecule has 1 N–H and O–H groups in total. The van der Waals surface area contributed by atoms with Crippen LogP contribution in [-0.4, -0.2) is 52.6 Å². The van der Waals surface area contributed by atoms with Crippen LogP contribution in [0.3, 0.4) is 0 Å². The summed E-state index contributed by atoms with van der Waals surface area (Å²) in [6, 6.07) is 7.24. The minimum Gasteiger partial charge on any atom is -0.478 e. The van der Waals surface area contributed by atoms with Gasteiger partial charge in [-0.1, -0.05) is 12.1 Å². The van der Waals surface area contributed by atoms with Crippen LogP contribution in [0.5, 0.6) is 0 Å². The molecule has 0 radical (unpaired) electrons. The Balaban J connectivity index is 1.93. The summed E-state index contributed by atoms with van der Waals surface area (Å²) in [5, 5.41) is 9.02. The summed E-state index contributed by atoms with van der Waals surface area (Å²) in [4.78, 5) is 15.9. The van der Waals surface area contributed by atoms with Crippen LogP contribution >= 0.6 is 0 Å². The van der Waals surface area contributed by atoms with E-state index in [9.17, 15) is 4.79 Å². The third-order valence-corrected chi connectivity index (χ3v) is 3.90. The van der Waals surface area contributed by atoms with Crippen LogP contribution in [0.1, 0.15) is 36.7 Å². The molecule has 110 valence electrons. The van der Waals surface area contributed by atoms with E-state index >= 15 is 0 Å². The van der Waals surface area contributed by atoms with Crippen molar-refractivity contribution in [3.05, 3.63) is 35.4 Å². The Bertz CT molecular complexity index is 472. The van der Waals surface area contributed by atoms with Gasteiger partial charge >= 0.3 is 5.97 Å². The van der Waals surface area contributed by atoms with Crippen molar-refractivity contribution >= 4 is 5.97 Å². The second-order valence-electron chi connectivity index (χ2n) is 6.44. The molecule has 1 heterocycles. The maximum absolute atomic E-state index is 11.0. The number of hydrogen-bond acceptors (Lipinski definition) is 3. The Morgan fingerprint density at radius 1 is 1.20 bits per heavy atom. The third kappa shape index (κ3) is 3.81.